The molecule has 2 aliphatic heterocycles. The molecular weight excluding hydrogens is 386 g/mol. The second kappa shape index (κ2) is 9.57. The van der Waals surface area contributed by atoms with E-state index in [4.69, 9.17) is 14.6 Å². The van der Waals surface area contributed by atoms with Crippen molar-refractivity contribution in [2.45, 2.75) is 44.4 Å². The van der Waals surface area contributed by atoms with Crippen LogP contribution in [0.2, 0.25) is 0 Å². The molecule has 0 spiro atoms. The number of fused-ring (bicyclic) bond motifs is 1. The Balaban J connectivity index is 1.48. The molecule has 1 amide bonds. The zero-order valence-electron chi connectivity index (χ0n) is 16.5. The van der Waals surface area contributed by atoms with Crippen LogP contribution < -0.4 is 0 Å². The molecule has 0 radical (unpaired) electrons. The number of unbranched alkanes of at least 4 members (excludes halogenated alkanes) is 1. The molecule has 0 bridgehead atoms. The van der Waals surface area contributed by atoms with Crippen molar-refractivity contribution in [2.75, 3.05) is 19.8 Å². The smallest absolute Gasteiger partial charge is 0.289 e. The van der Waals surface area contributed by atoms with Crippen molar-refractivity contribution >= 4 is 17.2 Å². The largest absolute Gasteiger partial charge is 0.459 e. The molecule has 0 aliphatic carbocycles. The number of aliphatic hydroxyl groups is 1. The Kier molecular flexibility index (Phi) is 6.64. The molecule has 2 aromatic rings. The summed E-state index contributed by atoms with van der Waals surface area (Å²) in [7, 11) is 0. The van der Waals surface area contributed by atoms with E-state index >= 15 is 0 Å². The molecule has 6 heteroatoms. The Morgan fingerprint density at radius 1 is 1.24 bits per heavy atom. The second-order valence-corrected chi connectivity index (χ2v) is 8.30. The standard InChI is InChI=1S/C23H27NO4S/c25-10-3-4-11-27-22-14-20(19-8-12-29-16-19)13-21(28-22)23(26)24-9-7-17-5-1-2-6-18(17)15-24/h1-2,5-6,8,12-13,16,20,22,25H,3-4,7,9-11,14-15H2/t20-,22+/m1/s1. The first-order valence-corrected chi connectivity index (χ1v) is 11.2. The summed E-state index contributed by atoms with van der Waals surface area (Å²) in [6.07, 6.45) is 4.54. The fourth-order valence-corrected chi connectivity index (χ4v) is 4.61. The van der Waals surface area contributed by atoms with Gasteiger partial charge in [-0.05, 0) is 58.9 Å². The van der Waals surface area contributed by atoms with Crippen molar-refractivity contribution in [2.24, 2.45) is 0 Å². The topological polar surface area (TPSA) is 59.0 Å². The monoisotopic (exact) mass is 413 g/mol. The van der Waals surface area contributed by atoms with Gasteiger partial charge in [-0.25, -0.2) is 0 Å². The number of carbonyl (C=O) groups excluding carboxylic acids is 1. The molecule has 0 fully saturated rings. The van der Waals surface area contributed by atoms with Crippen LogP contribution in [0.5, 0.6) is 0 Å². The van der Waals surface area contributed by atoms with E-state index in [1.807, 2.05) is 23.1 Å². The lowest BCUT2D eigenvalue weighted by molar-refractivity contribution is -0.153. The summed E-state index contributed by atoms with van der Waals surface area (Å²) in [6, 6.07) is 10.4. The molecule has 4 rings (SSSR count). The summed E-state index contributed by atoms with van der Waals surface area (Å²) in [4.78, 5) is 15.1. The third-order valence-corrected chi connectivity index (χ3v) is 6.22. The zero-order valence-corrected chi connectivity index (χ0v) is 17.3. The highest BCUT2D eigenvalue weighted by Gasteiger charge is 2.32. The molecule has 29 heavy (non-hydrogen) atoms. The van der Waals surface area contributed by atoms with Crippen LogP contribution in [0.3, 0.4) is 0 Å². The second-order valence-electron chi connectivity index (χ2n) is 7.52. The lowest BCUT2D eigenvalue weighted by Crippen LogP contribution is -2.39. The summed E-state index contributed by atoms with van der Waals surface area (Å²) in [5.41, 5.74) is 3.71. The normalized spacial score (nSPS) is 21.3. The first kappa shape index (κ1) is 20.1. The minimum Gasteiger partial charge on any atom is -0.459 e. The van der Waals surface area contributed by atoms with Crippen molar-refractivity contribution in [3.8, 4) is 0 Å². The number of hydrogen-bond acceptors (Lipinski definition) is 5. The number of rotatable bonds is 7. The van der Waals surface area contributed by atoms with Crippen molar-refractivity contribution < 1.29 is 19.4 Å². The number of benzene rings is 1. The molecule has 0 saturated heterocycles. The number of aliphatic hydroxyl groups excluding tert-OH is 1. The average Bonchev–Trinajstić information content (AvgIpc) is 3.31. The number of ether oxygens (including phenoxy) is 2. The predicted octanol–water partition coefficient (Wildman–Crippen LogP) is 3.84. The maximum absolute atomic E-state index is 13.2. The van der Waals surface area contributed by atoms with E-state index in [0.717, 1.165) is 12.8 Å². The van der Waals surface area contributed by atoms with Crippen LogP contribution in [0.1, 0.15) is 41.9 Å². The van der Waals surface area contributed by atoms with Crippen LogP contribution in [-0.2, 0) is 27.2 Å². The first-order chi connectivity index (χ1) is 14.2. The fraction of sp³-hybridized carbons (Fsp3) is 0.435. The van der Waals surface area contributed by atoms with Crippen LogP contribution >= 0.6 is 11.3 Å². The molecule has 1 aromatic carbocycles. The van der Waals surface area contributed by atoms with E-state index in [1.165, 1.54) is 16.7 Å². The maximum Gasteiger partial charge on any atom is 0.289 e. The maximum atomic E-state index is 13.2. The summed E-state index contributed by atoms with van der Waals surface area (Å²) >= 11 is 1.65. The molecule has 3 heterocycles. The molecule has 0 unspecified atom stereocenters. The molecule has 5 nitrogen and oxygen atoms in total. The summed E-state index contributed by atoms with van der Waals surface area (Å²) in [5.74, 6) is 0.427. The lowest BCUT2D eigenvalue weighted by atomic mass is 9.94. The van der Waals surface area contributed by atoms with Gasteiger partial charge in [-0.2, -0.15) is 11.3 Å². The highest BCUT2D eigenvalue weighted by atomic mass is 32.1. The molecule has 1 N–H and O–H groups in total. The van der Waals surface area contributed by atoms with Gasteiger partial charge >= 0.3 is 0 Å². The fourth-order valence-electron chi connectivity index (χ4n) is 3.88. The van der Waals surface area contributed by atoms with Crippen molar-refractivity contribution in [3.05, 3.63) is 69.6 Å². The number of carbonyl (C=O) groups is 1. The van der Waals surface area contributed by atoms with Gasteiger partial charge in [-0.15, -0.1) is 0 Å². The van der Waals surface area contributed by atoms with E-state index < -0.39 is 6.29 Å². The van der Waals surface area contributed by atoms with Gasteiger partial charge in [0.1, 0.15) is 0 Å². The molecule has 154 valence electrons. The van der Waals surface area contributed by atoms with Gasteiger partial charge in [0.25, 0.3) is 5.91 Å². The van der Waals surface area contributed by atoms with Gasteiger partial charge in [0.15, 0.2) is 5.76 Å². The van der Waals surface area contributed by atoms with Crippen LogP contribution in [0, 0.1) is 0 Å². The summed E-state index contributed by atoms with van der Waals surface area (Å²) in [5, 5.41) is 13.1. The van der Waals surface area contributed by atoms with Gasteiger partial charge in [0.2, 0.25) is 6.29 Å². The Bertz CT molecular complexity index is 848. The third-order valence-electron chi connectivity index (χ3n) is 5.51. The van der Waals surface area contributed by atoms with Gasteiger partial charge < -0.3 is 19.5 Å². The molecule has 1 aromatic heterocycles. The highest BCUT2D eigenvalue weighted by molar-refractivity contribution is 7.08. The van der Waals surface area contributed by atoms with E-state index in [2.05, 4.69) is 29.0 Å². The first-order valence-electron chi connectivity index (χ1n) is 10.2. The van der Waals surface area contributed by atoms with Gasteiger partial charge in [0.05, 0.1) is 6.61 Å². The molecule has 2 atom stereocenters. The van der Waals surface area contributed by atoms with Crippen LogP contribution in [0.25, 0.3) is 0 Å². The van der Waals surface area contributed by atoms with Gasteiger partial charge in [0, 0.05) is 32.0 Å². The minimum atomic E-state index is -0.445. The van der Waals surface area contributed by atoms with Crippen molar-refractivity contribution in [3.63, 3.8) is 0 Å². The summed E-state index contributed by atoms with van der Waals surface area (Å²) < 4.78 is 11.9. The molecular formula is C23H27NO4S. The minimum absolute atomic E-state index is 0.0663. The van der Waals surface area contributed by atoms with Crippen molar-refractivity contribution in [1.29, 1.82) is 0 Å². The quantitative estimate of drug-likeness (QED) is 0.701. The SMILES string of the molecule is O=C(C1=C[C@@H](c2ccsc2)C[C@@H](OCCCCO)O1)N1CCc2ccccc2C1. The molecule has 0 saturated carbocycles. The van der Waals surface area contributed by atoms with E-state index in [0.29, 0.717) is 38.3 Å². The number of hydrogen-bond donors (Lipinski definition) is 1. The third kappa shape index (κ3) is 4.89. The number of thiophene rings is 1. The van der Waals surface area contributed by atoms with E-state index in [1.54, 1.807) is 11.3 Å². The van der Waals surface area contributed by atoms with Gasteiger partial charge in [-0.1, -0.05) is 24.3 Å². The average molecular weight is 414 g/mol. The zero-order chi connectivity index (χ0) is 20.1. The Morgan fingerprint density at radius 3 is 2.90 bits per heavy atom. The highest BCUT2D eigenvalue weighted by Crippen LogP contribution is 2.33. The number of nitrogens with zero attached hydrogens (tertiary/aromatic N) is 1. The van der Waals surface area contributed by atoms with E-state index in [-0.39, 0.29) is 18.4 Å². The predicted molar refractivity (Wildman–Crippen MR) is 112 cm³/mol. The summed E-state index contributed by atoms with van der Waals surface area (Å²) in [6.45, 7) is 1.98. The van der Waals surface area contributed by atoms with Crippen LogP contribution in [-0.4, -0.2) is 42.0 Å². The Morgan fingerprint density at radius 2 is 2.10 bits per heavy atom. The van der Waals surface area contributed by atoms with E-state index in [9.17, 15) is 4.79 Å². The van der Waals surface area contributed by atoms with Crippen LogP contribution in [0.15, 0.2) is 52.9 Å². The molecule has 2 aliphatic rings. The van der Waals surface area contributed by atoms with Gasteiger partial charge in [-0.3, -0.25) is 4.79 Å². The Labute approximate surface area is 175 Å². The lowest BCUT2D eigenvalue weighted by Gasteiger charge is -2.33. The van der Waals surface area contributed by atoms with Crippen LogP contribution in [0.4, 0.5) is 0 Å². The number of allylic oxidation sites excluding steroid dienone is 1. The Hall–Kier alpha value is -2.15. The number of amides is 1. The van der Waals surface area contributed by atoms with Crippen molar-refractivity contribution in [1.82, 2.24) is 4.90 Å².